The largest absolute Gasteiger partial charge is 0.492 e. The molecule has 0 radical (unpaired) electrons. The molecule has 0 unspecified atom stereocenters. The number of esters is 1. The highest BCUT2D eigenvalue weighted by molar-refractivity contribution is 7.92. The molecule has 0 saturated carbocycles. The van der Waals surface area contributed by atoms with Gasteiger partial charge in [0.15, 0.2) is 9.84 Å². The average Bonchev–Trinajstić information content (AvgIpc) is 2.56. The molecule has 6 heteroatoms. The highest BCUT2D eigenvalue weighted by Crippen LogP contribution is 2.39. The van der Waals surface area contributed by atoms with Crippen molar-refractivity contribution in [3.8, 4) is 5.75 Å². The van der Waals surface area contributed by atoms with Crippen molar-refractivity contribution in [1.29, 1.82) is 0 Å². The maximum atomic E-state index is 13.0. The molecule has 166 valence electrons. The number of benzene rings is 1. The van der Waals surface area contributed by atoms with E-state index in [4.69, 9.17) is 9.47 Å². The Hall–Kier alpha value is -1.56. The molecule has 0 amide bonds. The summed E-state index contributed by atoms with van der Waals surface area (Å²) in [5.41, 5.74) is 0.913. The van der Waals surface area contributed by atoms with E-state index in [9.17, 15) is 13.2 Å². The Balaban J connectivity index is 3.16. The normalized spacial score (nSPS) is 12.9. The highest BCUT2D eigenvalue weighted by Gasteiger charge is 2.31. The monoisotopic (exact) mass is 426 g/mol. The first-order chi connectivity index (χ1) is 13.2. The van der Waals surface area contributed by atoms with Gasteiger partial charge in [0.2, 0.25) is 0 Å². The number of carbonyl (C=O) groups excluding carboxylic acids is 1. The molecule has 0 N–H and O–H groups in total. The molecule has 1 rings (SSSR count). The molecule has 29 heavy (non-hydrogen) atoms. The summed E-state index contributed by atoms with van der Waals surface area (Å²) >= 11 is 0. The van der Waals surface area contributed by atoms with Crippen molar-refractivity contribution >= 4 is 15.8 Å². The van der Waals surface area contributed by atoms with Gasteiger partial charge in [0.05, 0.1) is 18.5 Å². The van der Waals surface area contributed by atoms with Gasteiger partial charge in [-0.3, -0.25) is 4.79 Å². The van der Waals surface area contributed by atoms with Gasteiger partial charge in [-0.1, -0.05) is 40.7 Å². The Morgan fingerprint density at radius 2 is 1.72 bits per heavy atom. The van der Waals surface area contributed by atoms with Gasteiger partial charge in [-0.2, -0.15) is 0 Å². The number of ether oxygens (including phenoxy) is 2. The van der Waals surface area contributed by atoms with Crippen LogP contribution in [0.1, 0.15) is 80.2 Å². The van der Waals surface area contributed by atoms with Crippen LogP contribution in [-0.2, 0) is 24.8 Å². The summed E-state index contributed by atoms with van der Waals surface area (Å²) in [5, 5.41) is -0.551. The van der Waals surface area contributed by atoms with E-state index in [-0.39, 0.29) is 34.7 Å². The van der Waals surface area contributed by atoms with E-state index in [0.717, 1.165) is 12.0 Å². The fourth-order valence-corrected chi connectivity index (χ4v) is 4.79. The molecule has 0 atom stereocenters. The first-order valence-corrected chi connectivity index (χ1v) is 11.9. The van der Waals surface area contributed by atoms with E-state index in [2.05, 4.69) is 34.6 Å². The molecular formula is C23H38O5S. The molecule has 0 bridgehead atoms. The van der Waals surface area contributed by atoms with Crippen LogP contribution < -0.4 is 4.74 Å². The molecule has 0 aliphatic heterocycles. The molecule has 0 aliphatic carbocycles. The van der Waals surface area contributed by atoms with Gasteiger partial charge < -0.3 is 9.47 Å². The lowest BCUT2D eigenvalue weighted by atomic mass is 9.72. The first-order valence-electron chi connectivity index (χ1n) is 10.4. The maximum Gasteiger partial charge on any atom is 0.305 e. The van der Waals surface area contributed by atoms with Gasteiger partial charge in [0.1, 0.15) is 10.6 Å². The summed E-state index contributed by atoms with van der Waals surface area (Å²) in [7, 11) is -3.51. The van der Waals surface area contributed by atoms with Crippen molar-refractivity contribution in [3.05, 3.63) is 23.8 Å². The Labute approximate surface area is 177 Å². The van der Waals surface area contributed by atoms with Gasteiger partial charge in [0, 0.05) is 6.42 Å². The second-order valence-electron chi connectivity index (χ2n) is 9.63. The fraction of sp³-hybridized carbons (Fsp3) is 0.696. The molecule has 0 heterocycles. The number of rotatable bonds is 10. The van der Waals surface area contributed by atoms with E-state index >= 15 is 0 Å². The number of hydrogen-bond donors (Lipinski definition) is 0. The topological polar surface area (TPSA) is 69.7 Å². The van der Waals surface area contributed by atoms with E-state index in [1.807, 2.05) is 6.07 Å². The van der Waals surface area contributed by atoms with Crippen LogP contribution in [-0.4, -0.2) is 32.9 Å². The van der Waals surface area contributed by atoms with Crippen molar-refractivity contribution < 1.29 is 22.7 Å². The Morgan fingerprint density at radius 3 is 2.24 bits per heavy atom. The van der Waals surface area contributed by atoms with Crippen LogP contribution in [0, 0.1) is 5.41 Å². The van der Waals surface area contributed by atoms with Crippen molar-refractivity contribution in [2.45, 2.75) is 90.2 Å². The van der Waals surface area contributed by atoms with Crippen LogP contribution in [0.15, 0.2) is 23.1 Å². The summed E-state index contributed by atoms with van der Waals surface area (Å²) < 4.78 is 36.7. The molecule has 1 aromatic carbocycles. The van der Waals surface area contributed by atoms with Crippen LogP contribution >= 0.6 is 0 Å². The van der Waals surface area contributed by atoms with Gasteiger partial charge in [0.25, 0.3) is 0 Å². The molecule has 0 aliphatic rings. The second kappa shape index (κ2) is 9.96. The van der Waals surface area contributed by atoms with Crippen LogP contribution in [0.25, 0.3) is 0 Å². The highest BCUT2D eigenvalue weighted by atomic mass is 32.2. The van der Waals surface area contributed by atoms with Crippen molar-refractivity contribution in [3.63, 3.8) is 0 Å². The first kappa shape index (κ1) is 25.5. The molecular weight excluding hydrogens is 388 g/mol. The van der Waals surface area contributed by atoms with E-state index in [0.29, 0.717) is 18.8 Å². The zero-order valence-electron chi connectivity index (χ0n) is 19.3. The zero-order chi connectivity index (χ0) is 22.5. The van der Waals surface area contributed by atoms with Gasteiger partial charge >= 0.3 is 5.97 Å². The molecule has 0 fully saturated rings. The Morgan fingerprint density at radius 1 is 1.10 bits per heavy atom. The lowest BCUT2D eigenvalue weighted by Crippen LogP contribution is -2.25. The molecule has 5 nitrogen and oxygen atoms in total. The van der Waals surface area contributed by atoms with E-state index < -0.39 is 15.1 Å². The van der Waals surface area contributed by atoms with E-state index in [1.54, 1.807) is 32.9 Å². The van der Waals surface area contributed by atoms with Gasteiger partial charge in [-0.05, 0) is 62.1 Å². The number of sulfone groups is 1. The lowest BCUT2D eigenvalue weighted by molar-refractivity contribution is -0.143. The number of carbonyl (C=O) groups is 1. The predicted octanol–water partition coefficient (Wildman–Crippen LogP) is 5.30. The standard InChI is InChI=1S/C23H38O5S/c1-9-27-21(24)11-10-14-28-19-13-12-18(23(7,8)16-22(4,5)6)15-20(19)29(25,26)17(2)3/h12-13,15,17H,9-11,14,16H2,1-8H3. The summed E-state index contributed by atoms with van der Waals surface area (Å²) in [4.78, 5) is 11.7. The minimum absolute atomic E-state index is 0.114. The number of hydrogen-bond acceptors (Lipinski definition) is 5. The molecule has 0 aromatic heterocycles. The lowest BCUT2D eigenvalue weighted by Gasteiger charge is -2.33. The third-order valence-corrected chi connectivity index (χ3v) is 6.89. The Kier molecular flexibility index (Phi) is 8.75. The van der Waals surface area contributed by atoms with Crippen molar-refractivity contribution in [2.24, 2.45) is 5.41 Å². The quantitative estimate of drug-likeness (QED) is 0.375. The predicted molar refractivity (Wildman–Crippen MR) is 117 cm³/mol. The van der Waals surface area contributed by atoms with Gasteiger partial charge in [-0.25, -0.2) is 8.42 Å². The van der Waals surface area contributed by atoms with E-state index in [1.165, 1.54) is 0 Å². The summed E-state index contributed by atoms with van der Waals surface area (Å²) in [6.45, 7) is 16.5. The van der Waals surface area contributed by atoms with Crippen molar-refractivity contribution in [1.82, 2.24) is 0 Å². The minimum Gasteiger partial charge on any atom is -0.492 e. The fourth-order valence-electron chi connectivity index (χ4n) is 3.58. The summed E-state index contributed by atoms with van der Waals surface area (Å²) in [5.74, 6) is 0.0725. The zero-order valence-corrected chi connectivity index (χ0v) is 20.1. The smallest absolute Gasteiger partial charge is 0.305 e. The third kappa shape index (κ3) is 7.65. The summed E-state index contributed by atoms with van der Waals surface area (Å²) in [6.07, 6.45) is 1.63. The summed E-state index contributed by atoms with van der Waals surface area (Å²) in [6, 6.07) is 5.47. The van der Waals surface area contributed by atoms with Crippen molar-refractivity contribution in [2.75, 3.05) is 13.2 Å². The van der Waals surface area contributed by atoms with Crippen LogP contribution in [0.5, 0.6) is 5.75 Å². The SMILES string of the molecule is CCOC(=O)CCCOc1ccc(C(C)(C)CC(C)(C)C)cc1S(=O)(=O)C(C)C. The second-order valence-corrected chi connectivity index (χ2v) is 12.1. The van der Waals surface area contributed by atoms with Gasteiger partial charge in [-0.15, -0.1) is 0 Å². The third-order valence-electron chi connectivity index (χ3n) is 4.71. The molecule has 1 aromatic rings. The molecule has 0 spiro atoms. The maximum absolute atomic E-state index is 13.0. The molecule has 0 saturated heterocycles. The van der Waals surface area contributed by atoms with Crippen LogP contribution in [0.2, 0.25) is 0 Å². The average molecular weight is 427 g/mol. The Bertz CT molecular complexity index is 786. The van der Waals surface area contributed by atoms with Crippen LogP contribution in [0.3, 0.4) is 0 Å². The van der Waals surface area contributed by atoms with Crippen LogP contribution in [0.4, 0.5) is 0 Å². The minimum atomic E-state index is -3.51.